The number of aryl methyl sites for hydroxylation is 1. The smallest absolute Gasteiger partial charge is 0.259 e. The number of hydrogen-bond donors (Lipinski definition) is 2. The third kappa shape index (κ3) is 2.45. The minimum absolute atomic E-state index is 0.242. The Labute approximate surface area is 118 Å². The van der Waals surface area contributed by atoms with E-state index < -0.39 is 17.5 Å². The van der Waals surface area contributed by atoms with E-state index in [1.165, 1.54) is 0 Å². The lowest BCUT2D eigenvalue weighted by atomic mass is 10.2. The van der Waals surface area contributed by atoms with Gasteiger partial charge in [0.15, 0.2) is 11.5 Å². The number of amides is 1. The van der Waals surface area contributed by atoms with Gasteiger partial charge in [0.2, 0.25) is 0 Å². The number of fused-ring (bicyclic) bond motifs is 1. The van der Waals surface area contributed by atoms with Crippen molar-refractivity contribution in [3.05, 3.63) is 53.2 Å². The number of anilines is 1. The summed E-state index contributed by atoms with van der Waals surface area (Å²) in [6.07, 6.45) is 0. The maximum Gasteiger partial charge on any atom is 0.259 e. The summed E-state index contributed by atoms with van der Waals surface area (Å²) in [5, 5.41) is 9.70. The summed E-state index contributed by atoms with van der Waals surface area (Å²) in [6, 6.07) is 6.27. The van der Waals surface area contributed by atoms with Gasteiger partial charge in [0.1, 0.15) is 11.6 Å². The van der Waals surface area contributed by atoms with Gasteiger partial charge in [0.25, 0.3) is 5.91 Å². The second kappa shape index (κ2) is 4.93. The Hall–Kier alpha value is -2.83. The number of rotatable bonds is 2. The number of aromatic amines is 1. The number of carbonyl (C=O) groups is 1. The molecule has 106 valence electrons. The van der Waals surface area contributed by atoms with Crippen LogP contribution in [0.1, 0.15) is 16.1 Å². The number of H-pyrrole nitrogens is 1. The summed E-state index contributed by atoms with van der Waals surface area (Å²) in [5.41, 5.74) is 1.06. The molecule has 0 saturated heterocycles. The molecule has 2 heterocycles. The molecule has 5 nitrogen and oxygen atoms in total. The minimum atomic E-state index is -0.929. The molecule has 2 aromatic heterocycles. The fourth-order valence-corrected chi connectivity index (χ4v) is 1.95. The molecule has 21 heavy (non-hydrogen) atoms. The lowest BCUT2D eigenvalue weighted by Crippen LogP contribution is -2.14. The van der Waals surface area contributed by atoms with Gasteiger partial charge in [-0.05, 0) is 31.2 Å². The van der Waals surface area contributed by atoms with Gasteiger partial charge in [-0.1, -0.05) is 0 Å². The molecule has 0 radical (unpaired) electrons. The molecule has 0 bridgehead atoms. The Balaban J connectivity index is 1.93. The molecular formula is C14H10F2N4O. The second-order valence-corrected chi connectivity index (χ2v) is 4.50. The fraction of sp³-hybridized carbons (Fsp3) is 0.0714. The zero-order valence-electron chi connectivity index (χ0n) is 10.9. The number of pyridine rings is 1. The topological polar surface area (TPSA) is 70.7 Å². The molecule has 0 atom stereocenters. The van der Waals surface area contributed by atoms with Crippen molar-refractivity contribution >= 4 is 22.8 Å². The van der Waals surface area contributed by atoms with E-state index in [0.29, 0.717) is 17.1 Å². The van der Waals surface area contributed by atoms with Crippen LogP contribution in [0, 0.1) is 18.6 Å². The molecule has 0 unspecified atom stereocenters. The summed E-state index contributed by atoms with van der Waals surface area (Å²) in [6.45, 7) is 1.83. The first-order valence-electron chi connectivity index (χ1n) is 6.13. The van der Waals surface area contributed by atoms with Crippen LogP contribution < -0.4 is 5.32 Å². The predicted molar refractivity (Wildman–Crippen MR) is 72.9 cm³/mol. The molecule has 0 aliphatic carbocycles. The molecule has 2 N–H and O–H groups in total. The van der Waals surface area contributed by atoms with E-state index >= 15 is 0 Å². The van der Waals surface area contributed by atoms with E-state index in [1.54, 1.807) is 12.1 Å². The number of halogens is 2. The first-order valence-corrected chi connectivity index (χ1v) is 6.13. The largest absolute Gasteiger partial charge is 0.304 e. The van der Waals surface area contributed by atoms with Crippen LogP contribution in [0.25, 0.3) is 11.0 Å². The quantitative estimate of drug-likeness (QED) is 0.761. The van der Waals surface area contributed by atoms with Gasteiger partial charge in [-0.15, -0.1) is 0 Å². The average molecular weight is 288 g/mol. The monoisotopic (exact) mass is 288 g/mol. The maximum atomic E-state index is 13.6. The van der Waals surface area contributed by atoms with Crippen LogP contribution in [-0.4, -0.2) is 21.1 Å². The van der Waals surface area contributed by atoms with Crippen molar-refractivity contribution in [1.82, 2.24) is 15.2 Å². The molecule has 0 fully saturated rings. The molecule has 3 rings (SSSR count). The minimum Gasteiger partial charge on any atom is -0.304 e. The van der Waals surface area contributed by atoms with Crippen LogP contribution in [-0.2, 0) is 0 Å². The highest BCUT2D eigenvalue weighted by atomic mass is 19.1. The van der Waals surface area contributed by atoms with E-state index in [2.05, 4.69) is 20.5 Å². The molecule has 1 aromatic carbocycles. The maximum absolute atomic E-state index is 13.6. The van der Waals surface area contributed by atoms with Gasteiger partial charge < -0.3 is 5.32 Å². The molecule has 7 heteroatoms. The third-order valence-corrected chi connectivity index (χ3v) is 2.97. The summed E-state index contributed by atoms with van der Waals surface area (Å²) in [5.74, 6) is -2.14. The zero-order valence-corrected chi connectivity index (χ0v) is 10.9. The highest BCUT2D eigenvalue weighted by Crippen LogP contribution is 2.20. The number of nitrogens with zero attached hydrogens (tertiary/aromatic N) is 2. The number of hydrogen-bond acceptors (Lipinski definition) is 3. The average Bonchev–Trinajstić information content (AvgIpc) is 2.80. The van der Waals surface area contributed by atoms with Gasteiger partial charge in [0, 0.05) is 11.8 Å². The molecule has 3 aromatic rings. The number of carbonyl (C=O) groups excluding carboxylic acids is 1. The van der Waals surface area contributed by atoms with Crippen LogP contribution in [0.3, 0.4) is 0 Å². The third-order valence-electron chi connectivity index (χ3n) is 2.97. The van der Waals surface area contributed by atoms with Crippen molar-refractivity contribution in [2.45, 2.75) is 6.92 Å². The first-order chi connectivity index (χ1) is 10.0. The summed E-state index contributed by atoms with van der Waals surface area (Å²) >= 11 is 0. The standard InChI is InChI=1S/C14H10F2N4O/c1-7-2-4-10-12(17-7)19-20-13(10)18-14(21)9-5-3-8(15)6-11(9)16/h2-6H,1H3,(H2,17,18,19,20,21). The Kier molecular flexibility index (Phi) is 3.09. The van der Waals surface area contributed by atoms with Crippen molar-refractivity contribution in [2.75, 3.05) is 5.32 Å². The molecule has 1 amide bonds. The lowest BCUT2D eigenvalue weighted by Gasteiger charge is -2.04. The van der Waals surface area contributed by atoms with Crippen LogP contribution >= 0.6 is 0 Å². The van der Waals surface area contributed by atoms with Crippen molar-refractivity contribution in [3.8, 4) is 0 Å². The highest BCUT2D eigenvalue weighted by molar-refractivity contribution is 6.07. The van der Waals surface area contributed by atoms with E-state index in [9.17, 15) is 13.6 Å². The molecule has 0 aliphatic rings. The van der Waals surface area contributed by atoms with Crippen LogP contribution in [0.4, 0.5) is 14.6 Å². The summed E-state index contributed by atoms with van der Waals surface area (Å²) in [7, 11) is 0. The van der Waals surface area contributed by atoms with Gasteiger partial charge in [-0.3, -0.25) is 9.89 Å². The molecule has 0 aliphatic heterocycles. The van der Waals surface area contributed by atoms with Crippen LogP contribution in [0.5, 0.6) is 0 Å². The van der Waals surface area contributed by atoms with Gasteiger partial charge in [-0.25, -0.2) is 13.8 Å². The molecular weight excluding hydrogens is 278 g/mol. The van der Waals surface area contributed by atoms with Crippen molar-refractivity contribution in [3.63, 3.8) is 0 Å². The molecule has 0 spiro atoms. The first kappa shape index (κ1) is 13.2. The van der Waals surface area contributed by atoms with E-state index in [4.69, 9.17) is 0 Å². The van der Waals surface area contributed by atoms with Gasteiger partial charge >= 0.3 is 0 Å². The van der Waals surface area contributed by atoms with Crippen molar-refractivity contribution in [2.24, 2.45) is 0 Å². The van der Waals surface area contributed by atoms with E-state index in [0.717, 1.165) is 17.8 Å². The Morgan fingerprint density at radius 1 is 1.24 bits per heavy atom. The number of nitrogens with one attached hydrogen (secondary N) is 2. The van der Waals surface area contributed by atoms with Gasteiger partial charge in [0.05, 0.1) is 10.9 Å². The van der Waals surface area contributed by atoms with Gasteiger partial charge in [-0.2, -0.15) is 5.10 Å². The molecule has 0 saturated carbocycles. The lowest BCUT2D eigenvalue weighted by molar-refractivity contribution is 0.102. The summed E-state index contributed by atoms with van der Waals surface area (Å²) in [4.78, 5) is 16.2. The Bertz CT molecular complexity index is 844. The Morgan fingerprint density at radius 2 is 2.05 bits per heavy atom. The van der Waals surface area contributed by atoms with E-state index in [1.807, 2.05) is 6.92 Å². The van der Waals surface area contributed by atoms with Crippen molar-refractivity contribution < 1.29 is 13.6 Å². The van der Waals surface area contributed by atoms with Crippen LogP contribution in [0.2, 0.25) is 0 Å². The zero-order chi connectivity index (χ0) is 15.0. The highest BCUT2D eigenvalue weighted by Gasteiger charge is 2.15. The SMILES string of the molecule is Cc1ccc2c(NC(=O)c3ccc(F)cc3F)n[nH]c2n1. The normalized spacial score (nSPS) is 10.8. The van der Waals surface area contributed by atoms with E-state index in [-0.39, 0.29) is 11.4 Å². The number of benzene rings is 1. The van der Waals surface area contributed by atoms with Crippen LogP contribution in [0.15, 0.2) is 30.3 Å². The van der Waals surface area contributed by atoms with Crippen molar-refractivity contribution in [1.29, 1.82) is 0 Å². The second-order valence-electron chi connectivity index (χ2n) is 4.50. The fourth-order valence-electron chi connectivity index (χ4n) is 1.95. The Morgan fingerprint density at radius 3 is 2.81 bits per heavy atom. The summed E-state index contributed by atoms with van der Waals surface area (Å²) < 4.78 is 26.4. The predicted octanol–water partition coefficient (Wildman–Crippen LogP) is 2.80. The number of aromatic nitrogens is 3.